The summed E-state index contributed by atoms with van der Waals surface area (Å²) in [5.74, 6) is 1.60. The van der Waals surface area contributed by atoms with Gasteiger partial charge in [-0.25, -0.2) is 0 Å². The van der Waals surface area contributed by atoms with Gasteiger partial charge >= 0.3 is 0 Å². The van der Waals surface area contributed by atoms with Crippen LogP contribution in [0.3, 0.4) is 0 Å². The van der Waals surface area contributed by atoms with E-state index in [2.05, 4.69) is 9.88 Å². The minimum Gasteiger partial charge on any atom is -0.473 e. The first-order valence-electron chi connectivity index (χ1n) is 10.8. The lowest BCUT2D eigenvalue weighted by molar-refractivity contribution is -0.0672. The highest BCUT2D eigenvalue weighted by Crippen LogP contribution is 2.25. The summed E-state index contributed by atoms with van der Waals surface area (Å²) in [7, 11) is 0. The van der Waals surface area contributed by atoms with E-state index in [9.17, 15) is 0 Å². The molecular formula is C21H33N3O3. The highest BCUT2D eigenvalue weighted by molar-refractivity contribution is 5.38. The van der Waals surface area contributed by atoms with Gasteiger partial charge in [-0.15, -0.1) is 0 Å². The predicted octanol–water partition coefficient (Wildman–Crippen LogP) is 3.74. The van der Waals surface area contributed by atoms with Crippen LogP contribution in [0.25, 0.3) is 0 Å². The average Bonchev–Trinajstić information content (AvgIpc) is 2.74. The molecule has 6 heteroatoms. The molecule has 3 aliphatic rings. The number of aromatic nitrogens is 2. The van der Waals surface area contributed by atoms with Crippen molar-refractivity contribution in [1.29, 1.82) is 0 Å². The van der Waals surface area contributed by atoms with Gasteiger partial charge in [-0.05, 0) is 57.8 Å². The molecule has 1 aliphatic carbocycles. The van der Waals surface area contributed by atoms with Gasteiger partial charge in [-0.1, -0.05) is 6.42 Å². The third-order valence-electron chi connectivity index (χ3n) is 6.00. The van der Waals surface area contributed by atoms with E-state index in [0.717, 1.165) is 64.2 Å². The first-order valence-corrected chi connectivity index (χ1v) is 10.8. The number of hydrogen-bond acceptors (Lipinski definition) is 6. The third-order valence-corrected chi connectivity index (χ3v) is 6.00. The molecule has 1 aromatic rings. The number of hydrogen-bond donors (Lipinski definition) is 0. The average molecular weight is 376 g/mol. The van der Waals surface area contributed by atoms with Crippen LogP contribution in [0.4, 0.5) is 5.82 Å². The van der Waals surface area contributed by atoms with Crippen molar-refractivity contribution in [2.75, 3.05) is 31.2 Å². The zero-order chi connectivity index (χ0) is 18.3. The van der Waals surface area contributed by atoms with Crippen LogP contribution in [0.15, 0.2) is 12.4 Å². The Balaban J connectivity index is 1.23. The van der Waals surface area contributed by atoms with Crippen LogP contribution in [-0.2, 0) is 9.47 Å². The van der Waals surface area contributed by atoms with Crippen LogP contribution in [0.1, 0.15) is 64.2 Å². The summed E-state index contributed by atoms with van der Waals surface area (Å²) in [6.45, 7) is 3.55. The van der Waals surface area contributed by atoms with Crippen molar-refractivity contribution < 1.29 is 14.2 Å². The van der Waals surface area contributed by atoms with E-state index in [-0.39, 0.29) is 0 Å². The molecule has 1 unspecified atom stereocenters. The topological polar surface area (TPSA) is 56.7 Å². The molecular weight excluding hydrogens is 342 g/mol. The molecule has 2 aliphatic heterocycles. The summed E-state index contributed by atoms with van der Waals surface area (Å²) >= 11 is 0. The molecule has 1 atom stereocenters. The van der Waals surface area contributed by atoms with Crippen molar-refractivity contribution in [2.24, 2.45) is 0 Å². The molecule has 1 aromatic heterocycles. The highest BCUT2D eigenvalue weighted by Gasteiger charge is 2.23. The Morgan fingerprint density at radius 2 is 1.74 bits per heavy atom. The number of ether oxygens (including phenoxy) is 3. The van der Waals surface area contributed by atoms with Crippen LogP contribution >= 0.6 is 0 Å². The summed E-state index contributed by atoms with van der Waals surface area (Å²) in [5, 5.41) is 0. The molecule has 3 heterocycles. The first kappa shape index (κ1) is 18.9. The van der Waals surface area contributed by atoms with Gasteiger partial charge in [0, 0.05) is 19.7 Å². The predicted molar refractivity (Wildman–Crippen MR) is 104 cm³/mol. The standard InChI is InChI=1S/C21H33N3O3/c1-2-6-18(7-3-1)27-21-15-22-14-20(23-21)24-11-9-17(10-12-24)26-16-19-8-4-5-13-25-19/h14-15,17-19H,1-13,16H2. The lowest BCUT2D eigenvalue weighted by Crippen LogP contribution is -2.39. The number of rotatable bonds is 6. The van der Waals surface area contributed by atoms with E-state index >= 15 is 0 Å². The van der Waals surface area contributed by atoms with Crippen molar-refractivity contribution in [2.45, 2.75) is 82.5 Å². The van der Waals surface area contributed by atoms with E-state index in [4.69, 9.17) is 19.2 Å². The second-order valence-electron chi connectivity index (χ2n) is 8.10. The van der Waals surface area contributed by atoms with Gasteiger partial charge < -0.3 is 19.1 Å². The van der Waals surface area contributed by atoms with Crippen molar-refractivity contribution in [3.05, 3.63) is 12.4 Å². The second-order valence-corrected chi connectivity index (χ2v) is 8.10. The minimum absolute atomic E-state index is 0.302. The molecule has 6 nitrogen and oxygen atoms in total. The summed E-state index contributed by atoms with van der Waals surface area (Å²) < 4.78 is 18.0. The van der Waals surface area contributed by atoms with Gasteiger partial charge in [-0.2, -0.15) is 4.98 Å². The lowest BCUT2D eigenvalue weighted by atomic mass is 9.98. The zero-order valence-electron chi connectivity index (χ0n) is 16.4. The number of nitrogens with zero attached hydrogens (tertiary/aromatic N) is 3. The SMILES string of the molecule is c1ncc(N2CCC(OCC3CCCCO3)CC2)nc1OC1CCCCC1. The fourth-order valence-electron chi connectivity index (χ4n) is 4.34. The second kappa shape index (κ2) is 9.69. The maximum Gasteiger partial charge on any atom is 0.234 e. The van der Waals surface area contributed by atoms with Crippen LogP contribution in [0.2, 0.25) is 0 Å². The van der Waals surface area contributed by atoms with Crippen LogP contribution in [0, 0.1) is 0 Å². The zero-order valence-corrected chi connectivity index (χ0v) is 16.4. The van der Waals surface area contributed by atoms with Crippen molar-refractivity contribution >= 4 is 5.82 Å². The third kappa shape index (κ3) is 5.55. The summed E-state index contributed by atoms with van der Waals surface area (Å²) in [5.41, 5.74) is 0. The van der Waals surface area contributed by atoms with E-state index in [1.165, 1.54) is 32.1 Å². The molecule has 0 amide bonds. The Hall–Kier alpha value is -1.40. The van der Waals surface area contributed by atoms with Crippen LogP contribution in [-0.4, -0.2) is 54.6 Å². The summed E-state index contributed by atoms with van der Waals surface area (Å²) in [6, 6.07) is 0. The van der Waals surface area contributed by atoms with Gasteiger partial charge in [0.05, 0.1) is 31.2 Å². The van der Waals surface area contributed by atoms with E-state index in [1.54, 1.807) is 6.20 Å². The van der Waals surface area contributed by atoms with Gasteiger partial charge in [0.15, 0.2) is 5.82 Å². The normalized spacial score (nSPS) is 25.5. The molecule has 150 valence electrons. The Labute approximate surface area is 162 Å². The first-order chi connectivity index (χ1) is 13.4. The van der Waals surface area contributed by atoms with Gasteiger partial charge in [-0.3, -0.25) is 4.98 Å². The van der Waals surface area contributed by atoms with E-state index < -0.39 is 0 Å². The maximum absolute atomic E-state index is 6.12. The lowest BCUT2D eigenvalue weighted by Gasteiger charge is -2.33. The summed E-state index contributed by atoms with van der Waals surface area (Å²) in [6.07, 6.45) is 16.3. The smallest absolute Gasteiger partial charge is 0.234 e. The molecule has 4 rings (SSSR count). The van der Waals surface area contributed by atoms with Gasteiger partial charge in [0.25, 0.3) is 0 Å². The molecule has 0 aromatic carbocycles. The van der Waals surface area contributed by atoms with Crippen molar-refractivity contribution in [1.82, 2.24) is 9.97 Å². The molecule has 3 fully saturated rings. The largest absolute Gasteiger partial charge is 0.473 e. The van der Waals surface area contributed by atoms with Crippen LogP contribution < -0.4 is 9.64 Å². The molecule has 0 radical (unpaired) electrons. The van der Waals surface area contributed by atoms with E-state index in [1.807, 2.05) is 6.20 Å². The Morgan fingerprint density at radius 3 is 2.52 bits per heavy atom. The van der Waals surface area contributed by atoms with Gasteiger partial charge in [0.1, 0.15) is 6.10 Å². The molecule has 0 spiro atoms. The van der Waals surface area contributed by atoms with Crippen molar-refractivity contribution in [3.8, 4) is 5.88 Å². The maximum atomic E-state index is 6.12. The van der Waals surface area contributed by atoms with Crippen LogP contribution in [0.5, 0.6) is 5.88 Å². The Kier molecular flexibility index (Phi) is 6.80. The fourth-order valence-corrected chi connectivity index (χ4v) is 4.34. The van der Waals surface area contributed by atoms with E-state index in [0.29, 0.717) is 24.2 Å². The quantitative estimate of drug-likeness (QED) is 0.755. The summed E-state index contributed by atoms with van der Waals surface area (Å²) in [4.78, 5) is 11.4. The molecule has 0 N–H and O–H groups in total. The Bertz CT molecular complexity index is 566. The minimum atomic E-state index is 0.302. The molecule has 1 saturated carbocycles. The molecule has 0 bridgehead atoms. The Morgan fingerprint density at radius 1 is 0.926 bits per heavy atom. The number of anilines is 1. The van der Waals surface area contributed by atoms with Crippen molar-refractivity contribution in [3.63, 3.8) is 0 Å². The fraction of sp³-hybridized carbons (Fsp3) is 0.810. The highest BCUT2D eigenvalue weighted by atomic mass is 16.5. The molecule has 2 saturated heterocycles. The number of piperidine rings is 1. The monoisotopic (exact) mass is 375 g/mol. The van der Waals surface area contributed by atoms with Gasteiger partial charge in [0.2, 0.25) is 5.88 Å². The molecule has 27 heavy (non-hydrogen) atoms.